The molecule has 0 aromatic heterocycles. The Morgan fingerprint density at radius 1 is 1.25 bits per heavy atom. The maximum absolute atomic E-state index is 11.6. The van der Waals surface area contributed by atoms with Crippen LogP contribution in [0.2, 0.25) is 5.02 Å². The van der Waals surface area contributed by atoms with Gasteiger partial charge < -0.3 is 10.2 Å². The van der Waals surface area contributed by atoms with Crippen molar-refractivity contribution in [1.82, 2.24) is 0 Å². The van der Waals surface area contributed by atoms with E-state index in [9.17, 15) is 9.59 Å². The van der Waals surface area contributed by atoms with Gasteiger partial charge in [0.1, 0.15) is 0 Å². The molecule has 0 saturated carbocycles. The number of carbonyl (C=O) groups excluding carboxylic acids is 2. The van der Waals surface area contributed by atoms with Gasteiger partial charge in [-0.3, -0.25) is 9.59 Å². The second kappa shape index (κ2) is 5.44. The molecule has 0 bridgehead atoms. The average molecular weight is 295 g/mol. The molecule has 1 unspecified atom stereocenters. The van der Waals surface area contributed by atoms with Crippen LogP contribution in [0.4, 0.5) is 11.4 Å². The van der Waals surface area contributed by atoms with Gasteiger partial charge in [0.2, 0.25) is 0 Å². The molecule has 0 spiro atoms. The third-order valence-electron chi connectivity index (χ3n) is 3.64. The van der Waals surface area contributed by atoms with E-state index in [4.69, 9.17) is 11.6 Å². The lowest BCUT2D eigenvalue weighted by molar-refractivity contribution is -0.112. The van der Waals surface area contributed by atoms with Crippen molar-refractivity contribution in [3.63, 3.8) is 0 Å². The number of amides is 1. The van der Waals surface area contributed by atoms with E-state index in [0.717, 1.165) is 12.1 Å². The van der Waals surface area contributed by atoms with Crippen molar-refractivity contribution in [3.8, 4) is 0 Å². The lowest BCUT2D eigenvalue weighted by atomic mass is 10.0. The number of rotatable bonds is 4. The molecule has 2 rings (SSSR count). The van der Waals surface area contributed by atoms with Crippen LogP contribution in [0.3, 0.4) is 0 Å². The smallest absolute Gasteiger partial charge is 0.296 e. The van der Waals surface area contributed by atoms with Crippen LogP contribution in [-0.4, -0.2) is 24.8 Å². The highest BCUT2D eigenvalue weighted by Crippen LogP contribution is 2.35. The van der Waals surface area contributed by atoms with Crippen LogP contribution < -0.4 is 10.2 Å². The van der Waals surface area contributed by atoms with E-state index in [-0.39, 0.29) is 0 Å². The SMILES string of the molecule is CC(C)CC(C)N(C)c1cc2c(cc1Cl)C(=O)C(=O)N2. The molecule has 1 heterocycles. The molecule has 1 aliphatic heterocycles. The van der Waals surface area contributed by atoms with Crippen LogP contribution in [0.15, 0.2) is 12.1 Å². The molecule has 1 aliphatic rings. The molecule has 0 radical (unpaired) electrons. The topological polar surface area (TPSA) is 49.4 Å². The van der Waals surface area contributed by atoms with Crippen LogP contribution in [-0.2, 0) is 4.79 Å². The Morgan fingerprint density at radius 2 is 1.90 bits per heavy atom. The number of anilines is 2. The van der Waals surface area contributed by atoms with Crippen LogP contribution >= 0.6 is 11.6 Å². The molecule has 5 heteroatoms. The fraction of sp³-hybridized carbons (Fsp3) is 0.467. The first-order valence-electron chi connectivity index (χ1n) is 6.73. The summed E-state index contributed by atoms with van der Waals surface area (Å²) in [7, 11) is 1.97. The van der Waals surface area contributed by atoms with Crippen molar-refractivity contribution in [2.24, 2.45) is 5.92 Å². The third kappa shape index (κ3) is 2.66. The van der Waals surface area contributed by atoms with Crippen LogP contribution in [0.1, 0.15) is 37.6 Å². The van der Waals surface area contributed by atoms with Gasteiger partial charge in [-0.15, -0.1) is 0 Å². The van der Waals surface area contributed by atoms with Gasteiger partial charge in [-0.1, -0.05) is 25.4 Å². The number of hydrogen-bond acceptors (Lipinski definition) is 3. The molecule has 1 N–H and O–H groups in total. The zero-order valence-electron chi connectivity index (χ0n) is 12.2. The highest BCUT2D eigenvalue weighted by molar-refractivity contribution is 6.52. The number of nitrogens with zero attached hydrogens (tertiary/aromatic N) is 1. The second-order valence-corrected chi connectivity index (χ2v) is 6.13. The summed E-state index contributed by atoms with van der Waals surface area (Å²) in [6.45, 7) is 6.48. The van der Waals surface area contributed by atoms with Gasteiger partial charge in [0.15, 0.2) is 0 Å². The number of ketones is 1. The van der Waals surface area contributed by atoms with Crippen molar-refractivity contribution >= 4 is 34.7 Å². The minimum atomic E-state index is -0.592. The standard InChI is InChI=1S/C15H19ClN2O2/c1-8(2)5-9(3)18(4)13-7-12-10(6-11(13)16)14(19)15(20)17-12/h6-9H,5H2,1-4H3,(H,17,19,20). The zero-order valence-corrected chi connectivity index (χ0v) is 12.9. The molecule has 0 aliphatic carbocycles. The molecular formula is C15H19ClN2O2. The van der Waals surface area contributed by atoms with Gasteiger partial charge in [-0.25, -0.2) is 0 Å². The maximum Gasteiger partial charge on any atom is 0.296 e. The Balaban J connectivity index is 2.33. The van der Waals surface area contributed by atoms with E-state index in [1.165, 1.54) is 0 Å². The first-order valence-corrected chi connectivity index (χ1v) is 7.11. The van der Waals surface area contributed by atoms with E-state index in [1.807, 2.05) is 7.05 Å². The Kier molecular flexibility index (Phi) is 4.04. The van der Waals surface area contributed by atoms with Gasteiger partial charge in [-0.2, -0.15) is 0 Å². The van der Waals surface area contributed by atoms with Crippen LogP contribution in [0.25, 0.3) is 0 Å². The number of benzene rings is 1. The minimum Gasteiger partial charge on any atom is -0.371 e. The largest absolute Gasteiger partial charge is 0.371 e. The number of Topliss-reactive ketones (excluding diaryl/α,β-unsaturated/α-hetero) is 1. The fourth-order valence-electron chi connectivity index (χ4n) is 2.50. The molecule has 0 fully saturated rings. The summed E-state index contributed by atoms with van der Waals surface area (Å²) in [5.41, 5.74) is 1.73. The van der Waals surface area contributed by atoms with E-state index in [0.29, 0.717) is 28.2 Å². The first-order chi connectivity index (χ1) is 9.31. The van der Waals surface area contributed by atoms with E-state index in [1.54, 1.807) is 12.1 Å². The lowest BCUT2D eigenvalue weighted by Gasteiger charge is -2.29. The molecule has 108 valence electrons. The Labute approximate surface area is 124 Å². The van der Waals surface area contributed by atoms with Crippen molar-refractivity contribution in [3.05, 3.63) is 22.7 Å². The predicted molar refractivity (Wildman–Crippen MR) is 81.7 cm³/mol. The van der Waals surface area contributed by atoms with Gasteiger partial charge in [-0.05, 0) is 31.4 Å². The predicted octanol–water partition coefficient (Wildman–Crippen LogP) is 3.35. The van der Waals surface area contributed by atoms with Crippen molar-refractivity contribution in [1.29, 1.82) is 0 Å². The number of fused-ring (bicyclic) bond motifs is 1. The quantitative estimate of drug-likeness (QED) is 0.867. The molecule has 20 heavy (non-hydrogen) atoms. The van der Waals surface area contributed by atoms with Gasteiger partial charge in [0.25, 0.3) is 11.7 Å². The Hall–Kier alpha value is -1.55. The lowest BCUT2D eigenvalue weighted by Crippen LogP contribution is -2.30. The van der Waals surface area contributed by atoms with Gasteiger partial charge >= 0.3 is 0 Å². The van der Waals surface area contributed by atoms with E-state index >= 15 is 0 Å². The summed E-state index contributed by atoms with van der Waals surface area (Å²) in [6, 6.07) is 3.67. The summed E-state index contributed by atoms with van der Waals surface area (Å²) in [6.07, 6.45) is 1.04. The Morgan fingerprint density at radius 3 is 2.50 bits per heavy atom. The maximum atomic E-state index is 11.6. The van der Waals surface area contributed by atoms with E-state index in [2.05, 4.69) is 31.0 Å². The summed E-state index contributed by atoms with van der Waals surface area (Å²) >= 11 is 6.26. The first kappa shape index (κ1) is 14.9. The summed E-state index contributed by atoms with van der Waals surface area (Å²) in [5.74, 6) is -0.528. The minimum absolute atomic E-state index is 0.318. The summed E-state index contributed by atoms with van der Waals surface area (Å²) < 4.78 is 0. The average Bonchev–Trinajstić information content (AvgIpc) is 2.63. The highest BCUT2D eigenvalue weighted by atomic mass is 35.5. The Bertz CT molecular complexity index is 569. The van der Waals surface area contributed by atoms with Crippen molar-refractivity contribution in [2.75, 3.05) is 17.3 Å². The molecule has 4 nitrogen and oxygen atoms in total. The molecule has 1 aromatic rings. The third-order valence-corrected chi connectivity index (χ3v) is 3.94. The monoisotopic (exact) mass is 294 g/mol. The number of halogens is 1. The summed E-state index contributed by atoms with van der Waals surface area (Å²) in [5, 5.41) is 3.07. The summed E-state index contributed by atoms with van der Waals surface area (Å²) in [4.78, 5) is 25.1. The van der Waals surface area contributed by atoms with Crippen LogP contribution in [0.5, 0.6) is 0 Å². The molecule has 0 saturated heterocycles. The van der Waals surface area contributed by atoms with Crippen molar-refractivity contribution in [2.45, 2.75) is 33.2 Å². The zero-order chi connectivity index (χ0) is 15.0. The highest BCUT2D eigenvalue weighted by Gasteiger charge is 2.30. The molecule has 1 atom stereocenters. The number of hydrogen-bond donors (Lipinski definition) is 1. The molecule has 1 aromatic carbocycles. The fourth-order valence-corrected chi connectivity index (χ4v) is 2.80. The van der Waals surface area contributed by atoms with Crippen molar-refractivity contribution < 1.29 is 9.59 Å². The molecule has 1 amide bonds. The number of carbonyl (C=O) groups is 2. The normalized spacial score (nSPS) is 15.3. The van der Waals surface area contributed by atoms with E-state index < -0.39 is 11.7 Å². The van der Waals surface area contributed by atoms with Gasteiger partial charge in [0, 0.05) is 13.1 Å². The second-order valence-electron chi connectivity index (χ2n) is 5.72. The van der Waals surface area contributed by atoms with Crippen LogP contribution in [0, 0.1) is 5.92 Å². The van der Waals surface area contributed by atoms with Gasteiger partial charge in [0.05, 0.1) is 22.0 Å². The number of nitrogens with one attached hydrogen (secondary N) is 1. The molecular weight excluding hydrogens is 276 g/mol.